The molecule has 0 atom stereocenters. The largest absolute Gasteiger partial charge is 0.394 e. The van der Waals surface area contributed by atoms with Crippen LogP contribution in [0.3, 0.4) is 0 Å². The molecule has 2 N–H and O–H groups in total. The summed E-state index contributed by atoms with van der Waals surface area (Å²) in [5, 5.41) is 16.5. The SMILES string of the molecule is Cc1cc(C)c(NCc2cnn(CCO)c2)c(C)c1. The van der Waals surface area contributed by atoms with Crippen molar-refractivity contribution >= 4 is 5.69 Å². The number of nitrogens with one attached hydrogen (secondary N) is 1. The van der Waals surface area contributed by atoms with Gasteiger partial charge in [0.1, 0.15) is 0 Å². The molecule has 2 aromatic rings. The third-order valence-electron chi connectivity index (χ3n) is 3.16. The Labute approximate surface area is 114 Å². The molecule has 0 fully saturated rings. The molecule has 4 heteroatoms. The predicted octanol–water partition coefficient (Wildman–Crippen LogP) is 2.41. The molecular formula is C15H21N3O. The van der Waals surface area contributed by atoms with Gasteiger partial charge in [0.2, 0.25) is 0 Å². The number of rotatable bonds is 5. The van der Waals surface area contributed by atoms with Crippen LogP contribution in [0.2, 0.25) is 0 Å². The molecule has 0 radical (unpaired) electrons. The number of anilines is 1. The summed E-state index contributed by atoms with van der Waals surface area (Å²) in [5.74, 6) is 0. The van der Waals surface area contributed by atoms with E-state index >= 15 is 0 Å². The van der Waals surface area contributed by atoms with Gasteiger partial charge >= 0.3 is 0 Å². The van der Waals surface area contributed by atoms with Crippen molar-refractivity contribution in [1.82, 2.24) is 9.78 Å². The lowest BCUT2D eigenvalue weighted by atomic mass is 10.1. The van der Waals surface area contributed by atoms with E-state index in [0.29, 0.717) is 6.54 Å². The average molecular weight is 259 g/mol. The monoisotopic (exact) mass is 259 g/mol. The van der Waals surface area contributed by atoms with Crippen molar-refractivity contribution in [3.8, 4) is 0 Å². The number of hydrogen-bond donors (Lipinski definition) is 2. The molecule has 0 saturated carbocycles. The van der Waals surface area contributed by atoms with Crippen molar-refractivity contribution in [3.05, 3.63) is 46.8 Å². The van der Waals surface area contributed by atoms with Crippen molar-refractivity contribution in [2.24, 2.45) is 0 Å². The van der Waals surface area contributed by atoms with E-state index in [-0.39, 0.29) is 6.61 Å². The number of benzene rings is 1. The van der Waals surface area contributed by atoms with E-state index in [9.17, 15) is 0 Å². The zero-order valence-corrected chi connectivity index (χ0v) is 11.8. The Morgan fingerprint density at radius 3 is 2.53 bits per heavy atom. The minimum absolute atomic E-state index is 0.116. The standard InChI is InChI=1S/C15H21N3O/c1-11-6-12(2)15(13(3)7-11)16-8-14-9-17-18(10-14)4-5-19/h6-7,9-10,16,19H,4-5,8H2,1-3H3. The molecule has 1 heterocycles. The van der Waals surface area contributed by atoms with E-state index in [1.54, 1.807) is 4.68 Å². The summed E-state index contributed by atoms with van der Waals surface area (Å²) in [6.07, 6.45) is 3.80. The van der Waals surface area contributed by atoms with E-state index in [2.05, 4.69) is 43.3 Å². The van der Waals surface area contributed by atoms with Gasteiger partial charge in [0.15, 0.2) is 0 Å². The number of aliphatic hydroxyl groups excluding tert-OH is 1. The summed E-state index contributed by atoms with van der Waals surface area (Å²) in [4.78, 5) is 0. The summed E-state index contributed by atoms with van der Waals surface area (Å²) in [6, 6.07) is 4.37. The first-order valence-corrected chi connectivity index (χ1v) is 6.54. The Morgan fingerprint density at radius 2 is 1.89 bits per heavy atom. The van der Waals surface area contributed by atoms with Crippen molar-refractivity contribution in [2.45, 2.75) is 33.9 Å². The molecule has 0 aliphatic rings. The first-order valence-electron chi connectivity index (χ1n) is 6.54. The molecule has 0 amide bonds. The zero-order chi connectivity index (χ0) is 13.8. The minimum atomic E-state index is 0.116. The topological polar surface area (TPSA) is 50.1 Å². The molecule has 0 unspecified atom stereocenters. The summed E-state index contributed by atoms with van der Waals surface area (Å²) in [5.41, 5.74) is 6.13. The van der Waals surface area contributed by atoms with Gasteiger partial charge in [0.05, 0.1) is 19.3 Å². The average Bonchev–Trinajstić information content (AvgIpc) is 2.76. The Bertz CT molecular complexity index is 537. The highest BCUT2D eigenvalue weighted by molar-refractivity contribution is 5.58. The van der Waals surface area contributed by atoms with Crippen LogP contribution in [0.15, 0.2) is 24.5 Å². The Hall–Kier alpha value is -1.81. The lowest BCUT2D eigenvalue weighted by Gasteiger charge is -2.13. The normalized spacial score (nSPS) is 10.7. The molecule has 1 aromatic carbocycles. The maximum absolute atomic E-state index is 8.86. The molecule has 0 spiro atoms. The van der Waals surface area contributed by atoms with Crippen molar-refractivity contribution in [3.63, 3.8) is 0 Å². The first kappa shape index (κ1) is 13.6. The Morgan fingerprint density at radius 1 is 1.21 bits per heavy atom. The van der Waals surface area contributed by atoms with Crippen LogP contribution in [0.25, 0.3) is 0 Å². The second-order valence-corrected chi connectivity index (χ2v) is 4.96. The fourth-order valence-corrected chi connectivity index (χ4v) is 2.37. The number of nitrogens with zero attached hydrogens (tertiary/aromatic N) is 2. The third-order valence-corrected chi connectivity index (χ3v) is 3.16. The molecule has 0 aliphatic heterocycles. The minimum Gasteiger partial charge on any atom is -0.394 e. The Balaban J connectivity index is 2.05. The van der Waals surface area contributed by atoms with Gasteiger partial charge in [0, 0.05) is 24.0 Å². The first-order chi connectivity index (χ1) is 9.10. The van der Waals surface area contributed by atoms with Crippen LogP contribution in [-0.2, 0) is 13.1 Å². The third kappa shape index (κ3) is 3.35. The van der Waals surface area contributed by atoms with Gasteiger partial charge in [-0.3, -0.25) is 4.68 Å². The van der Waals surface area contributed by atoms with E-state index in [1.807, 2.05) is 12.4 Å². The van der Waals surface area contributed by atoms with Crippen LogP contribution in [0.5, 0.6) is 0 Å². The summed E-state index contributed by atoms with van der Waals surface area (Å²) in [6.45, 7) is 7.77. The molecule has 2 rings (SSSR count). The van der Waals surface area contributed by atoms with Crippen LogP contribution in [-0.4, -0.2) is 21.5 Å². The van der Waals surface area contributed by atoms with Gasteiger partial charge < -0.3 is 10.4 Å². The fourth-order valence-electron chi connectivity index (χ4n) is 2.37. The van der Waals surface area contributed by atoms with Crippen molar-refractivity contribution in [1.29, 1.82) is 0 Å². The van der Waals surface area contributed by atoms with Crippen LogP contribution in [0.4, 0.5) is 5.69 Å². The molecule has 1 aromatic heterocycles. The van der Waals surface area contributed by atoms with Crippen molar-refractivity contribution in [2.75, 3.05) is 11.9 Å². The molecule has 4 nitrogen and oxygen atoms in total. The number of hydrogen-bond acceptors (Lipinski definition) is 3. The van der Waals surface area contributed by atoms with Crippen molar-refractivity contribution < 1.29 is 5.11 Å². The molecule has 102 valence electrons. The molecule has 19 heavy (non-hydrogen) atoms. The number of aliphatic hydroxyl groups is 1. The van der Waals surface area contributed by atoms with Crippen LogP contribution >= 0.6 is 0 Å². The smallest absolute Gasteiger partial charge is 0.0640 e. The molecule has 0 bridgehead atoms. The van der Waals surface area contributed by atoms with E-state index in [1.165, 1.54) is 22.4 Å². The van der Waals surface area contributed by atoms with E-state index < -0.39 is 0 Å². The highest BCUT2D eigenvalue weighted by atomic mass is 16.3. The van der Waals surface area contributed by atoms with Gasteiger partial charge in [0.25, 0.3) is 0 Å². The maximum Gasteiger partial charge on any atom is 0.0640 e. The predicted molar refractivity (Wildman–Crippen MR) is 77.3 cm³/mol. The maximum atomic E-state index is 8.86. The lowest BCUT2D eigenvalue weighted by molar-refractivity contribution is 0.269. The molecule has 0 saturated heterocycles. The number of aromatic nitrogens is 2. The van der Waals surface area contributed by atoms with Crippen LogP contribution in [0.1, 0.15) is 22.3 Å². The van der Waals surface area contributed by atoms with Gasteiger partial charge in [-0.25, -0.2) is 0 Å². The molecular weight excluding hydrogens is 238 g/mol. The quantitative estimate of drug-likeness (QED) is 0.867. The van der Waals surface area contributed by atoms with E-state index in [0.717, 1.165) is 12.1 Å². The van der Waals surface area contributed by atoms with Gasteiger partial charge in [-0.1, -0.05) is 17.7 Å². The Kier molecular flexibility index (Phi) is 4.22. The summed E-state index contributed by atoms with van der Waals surface area (Å²) < 4.78 is 1.76. The van der Waals surface area contributed by atoms with Crippen LogP contribution < -0.4 is 5.32 Å². The summed E-state index contributed by atoms with van der Waals surface area (Å²) >= 11 is 0. The number of aryl methyl sites for hydroxylation is 3. The van der Waals surface area contributed by atoms with Gasteiger partial charge in [-0.05, 0) is 31.9 Å². The fraction of sp³-hybridized carbons (Fsp3) is 0.400. The second-order valence-electron chi connectivity index (χ2n) is 4.96. The molecule has 0 aliphatic carbocycles. The highest BCUT2D eigenvalue weighted by Crippen LogP contribution is 2.22. The highest BCUT2D eigenvalue weighted by Gasteiger charge is 2.04. The van der Waals surface area contributed by atoms with Crippen LogP contribution in [0, 0.1) is 20.8 Å². The summed E-state index contributed by atoms with van der Waals surface area (Å²) in [7, 11) is 0. The second kappa shape index (κ2) is 5.89. The van der Waals surface area contributed by atoms with E-state index in [4.69, 9.17) is 5.11 Å². The van der Waals surface area contributed by atoms with Gasteiger partial charge in [-0.15, -0.1) is 0 Å². The van der Waals surface area contributed by atoms with Gasteiger partial charge in [-0.2, -0.15) is 5.10 Å². The lowest BCUT2D eigenvalue weighted by Crippen LogP contribution is -2.04. The zero-order valence-electron chi connectivity index (χ0n) is 11.8.